The molecule has 16 N–H and O–H groups in total. The summed E-state index contributed by atoms with van der Waals surface area (Å²) in [5.41, 5.74) is 5.60. The van der Waals surface area contributed by atoms with Crippen LogP contribution in [0.1, 0.15) is 184 Å². The molecule has 13 atom stereocenters. The van der Waals surface area contributed by atoms with E-state index in [1.807, 2.05) is 34.6 Å². The van der Waals surface area contributed by atoms with Crippen LogP contribution in [-0.4, -0.2) is 245 Å². The average molecular weight is 1730 g/mol. The number of aliphatic carboxylic acids is 5. The Balaban J connectivity index is 1.34. The van der Waals surface area contributed by atoms with Crippen molar-refractivity contribution in [2.75, 3.05) is 45.0 Å². The van der Waals surface area contributed by atoms with Crippen LogP contribution in [0.15, 0.2) is 60.0 Å². The van der Waals surface area contributed by atoms with Crippen molar-refractivity contribution in [3.05, 3.63) is 81.8 Å². The molecule has 0 bridgehead atoms. The van der Waals surface area contributed by atoms with Gasteiger partial charge in [0.15, 0.2) is 17.9 Å². The molecule has 1 aliphatic heterocycles. The lowest BCUT2D eigenvalue weighted by molar-refractivity contribution is -0.160. The predicted molar refractivity (Wildman–Crippen MR) is 439 cm³/mol. The molecular weight excluding hydrogens is 1620 g/mol. The zero-order valence-corrected chi connectivity index (χ0v) is 70.9. The van der Waals surface area contributed by atoms with Crippen molar-refractivity contribution in [1.82, 2.24) is 68.2 Å². The SMILES string of the molecule is CCCC(=O)OCN(C(=O)[C@@H](NC[C@H]1CCCCN1C)C(C)CC)[C@H](C[C@@H](OC(C)=O)c1nc(C(=O)N[C@@H](Cc2ccc(O)cc2)C[C@H](C)C(=O)NNC(=O)OCCSSC[C@H](NC(=O)[C@H](Cc2ccccc2)NC(=O)[C@H](CC(=O)O)NC(=O)CC[C@@H](C)NC(=O)CC[C@@H](NC(=S)N[C@H](CCC(=O)O)C(=O)O)C(=O)O)C(=O)O)cs1)C(C)C. The highest BCUT2D eigenvalue weighted by molar-refractivity contribution is 8.76. The number of carbonyl (C=O) groups is 15. The molecule has 4 rings (SSSR count). The lowest BCUT2D eigenvalue weighted by Crippen LogP contribution is -2.57. The molecule has 3 aromatic rings. The quantitative estimate of drug-likeness (QED) is 0.00701. The number of rotatable bonds is 53. The van der Waals surface area contributed by atoms with E-state index in [-0.39, 0.29) is 123 Å². The first-order chi connectivity index (χ1) is 55.9. The van der Waals surface area contributed by atoms with Crippen LogP contribution in [0.2, 0.25) is 0 Å². The predicted octanol–water partition coefficient (Wildman–Crippen LogP) is 4.55. The van der Waals surface area contributed by atoms with E-state index in [2.05, 4.69) is 70.3 Å². The number of hydrogen-bond donors (Lipinski definition) is 16. The number of carbonyl (C=O) groups excluding carboxylic acids is 10. The summed E-state index contributed by atoms with van der Waals surface area (Å²) in [6, 6.07) is 3.93. The van der Waals surface area contributed by atoms with Crippen molar-refractivity contribution < 1.29 is 117 Å². The van der Waals surface area contributed by atoms with Crippen molar-refractivity contribution in [3.63, 3.8) is 0 Å². The molecule has 654 valence electrons. The highest BCUT2D eigenvalue weighted by Gasteiger charge is 2.39. The Bertz CT molecular complexity index is 3850. The number of aromatic hydroxyl groups is 1. The first kappa shape index (κ1) is 100. The summed E-state index contributed by atoms with van der Waals surface area (Å²) in [6.07, 6.45) is -0.779. The van der Waals surface area contributed by atoms with Crippen LogP contribution in [0.4, 0.5) is 4.79 Å². The molecule has 41 heteroatoms. The van der Waals surface area contributed by atoms with E-state index in [4.69, 9.17) is 31.5 Å². The summed E-state index contributed by atoms with van der Waals surface area (Å²) in [6.45, 7) is 14.8. The molecule has 0 aliphatic carbocycles. The second-order valence-corrected chi connectivity index (χ2v) is 33.0. The topological polar surface area (TPSA) is 545 Å². The van der Waals surface area contributed by atoms with Crippen LogP contribution in [0, 0.1) is 17.8 Å². The molecule has 1 saturated heterocycles. The van der Waals surface area contributed by atoms with Crippen molar-refractivity contribution in [3.8, 4) is 5.75 Å². The van der Waals surface area contributed by atoms with Crippen LogP contribution < -0.4 is 53.4 Å². The number of nitrogens with one attached hydrogen (secondary N) is 10. The third-order valence-electron chi connectivity index (χ3n) is 19.2. The summed E-state index contributed by atoms with van der Waals surface area (Å²) < 4.78 is 16.9. The van der Waals surface area contributed by atoms with Crippen molar-refractivity contribution >= 4 is 139 Å². The van der Waals surface area contributed by atoms with Gasteiger partial charge in [0.25, 0.3) is 5.91 Å². The van der Waals surface area contributed by atoms with Gasteiger partial charge in [0.1, 0.15) is 53.3 Å². The number of ether oxygens (including phenoxy) is 3. The number of hydrazine groups is 1. The Morgan fingerprint density at radius 1 is 0.661 bits per heavy atom. The zero-order chi connectivity index (χ0) is 87.7. The molecule has 1 fully saturated rings. The molecule has 1 unspecified atom stereocenters. The van der Waals surface area contributed by atoms with Gasteiger partial charge in [0.2, 0.25) is 35.4 Å². The molecule has 8 amide bonds. The number of likely N-dealkylation sites (tertiary alicyclic amines) is 1. The van der Waals surface area contributed by atoms with E-state index < -0.39 is 174 Å². The maximum Gasteiger partial charge on any atom is 0.426 e. The number of phenolic OH excluding ortho intramolecular Hbond substituents is 1. The number of thiocarbonyl (C=S) groups is 1. The number of esters is 2. The van der Waals surface area contributed by atoms with Gasteiger partial charge in [-0.3, -0.25) is 58.2 Å². The van der Waals surface area contributed by atoms with E-state index in [0.717, 1.165) is 58.7 Å². The van der Waals surface area contributed by atoms with Crippen molar-refractivity contribution in [1.29, 1.82) is 0 Å². The fourth-order valence-electron chi connectivity index (χ4n) is 12.4. The fraction of sp³-hybridized carbons (Fsp3) is 0.597. The minimum Gasteiger partial charge on any atom is -0.508 e. The van der Waals surface area contributed by atoms with Gasteiger partial charge < -0.3 is 97.2 Å². The summed E-state index contributed by atoms with van der Waals surface area (Å²) in [5.74, 6) is -15.0. The van der Waals surface area contributed by atoms with Gasteiger partial charge in [-0.25, -0.2) is 29.6 Å². The summed E-state index contributed by atoms with van der Waals surface area (Å²) >= 11 is 6.07. The monoisotopic (exact) mass is 1730 g/mol. The largest absolute Gasteiger partial charge is 0.508 e. The molecule has 0 radical (unpaired) electrons. The molecule has 1 aliphatic rings. The minimum absolute atomic E-state index is 0.00282. The number of amides is 8. The van der Waals surface area contributed by atoms with Crippen LogP contribution in [0.25, 0.3) is 0 Å². The second kappa shape index (κ2) is 52.8. The Hall–Kier alpha value is -9.97. The van der Waals surface area contributed by atoms with Crippen LogP contribution in [-0.2, 0) is 89.4 Å². The smallest absolute Gasteiger partial charge is 0.426 e. The van der Waals surface area contributed by atoms with Gasteiger partial charge in [0, 0.05) is 99.0 Å². The molecule has 118 heavy (non-hydrogen) atoms. The van der Waals surface area contributed by atoms with Crippen molar-refractivity contribution in [2.24, 2.45) is 17.8 Å². The van der Waals surface area contributed by atoms with Gasteiger partial charge in [-0.15, -0.1) is 11.3 Å². The average Bonchev–Trinajstić information content (AvgIpc) is 1.21. The number of hydrogen-bond acceptors (Lipinski definition) is 26. The molecular formula is C77H113N13O24S4. The molecule has 0 spiro atoms. The van der Waals surface area contributed by atoms with Crippen LogP contribution in [0.3, 0.4) is 0 Å². The second-order valence-electron chi connectivity index (χ2n) is 29.1. The summed E-state index contributed by atoms with van der Waals surface area (Å²) in [4.78, 5) is 203. The number of likely N-dealkylation sites (N-methyl/N-ethyl adjacent to an activating group) is 1. The summed E-state index contributed by atoms with van der Waals surface area (Å²) in [7, 11) is 4.09. The molecule has 37 nitrogen and oxygen atoms in total. The van der Waals surface area contributed by atoms with E-state index in [0.29, 0.717) is 30.5 Å². The minimum atomic E-state index is -1.77. The maximum atomic E-state index is 15.0. The Morgan fingerprint density at radius 2 is 1.28 bits per heavy atom. The van der Waals surface area contributed by atoms with Crippen LogP contribution >= 0.6 is 45.1 Å². The number of nitrogens with zero attached hydrogens (tertiary/aromatic N) is 3. The van der Waals surface area contributed by atoms with Crippen LogP contribution in [0.5, 0.6) is 5.75 Å². The molecule has 2 heterocycles. The number of carboxylic acid groups (broad SMARTS) is 5. The number of carboxylic acids is 5. The van der Waals surface area contributed by atoms with Gasteiger partial charge in [-0.1, -0.05) is 118 Å². The Labute approximate surface area is 702 Å². The lowest BCUT2D eigenvalue weighted by Gasteiger charge is -2.40. The van der Waals surface area contributed by atoms with Gasteiger partial charge in [0.05, 0.1) is 12.5 Å². The highest BCUT2D eigenvalue weighted by atomic mass is 33.1. The summed E-state index contributed by atoms with van der Waals surface area (Å²) in [5, 5.41) is 80.3. The zero-order valence-electron chi connectivity index (χ0n) is 67.6. The third kappa shape index (κ3) is 37.7. The van der Waals surface area contributed by atoms with Gasteiger partial charge in [-0.2, -0.15) is 0 Å². The Morgan fingerprint density at radius 3 is 1.88 bits per heavy atom. The first-order valence-electron chi connectivity index (χ1n) is 38.9. The van der Waals surface area contributed by atoms with Gasteiger partial charge >= 0.3 is 47.9 Å². The van der Waals surface area contributed by atoms with E-state index >= 15 is 4.79 Å². The highest BCUT2D eigenvalue weighted by Crippen LogP contribution is 2.33. The van der Waals surface area contributed by atoms with E-state index in [1.165, 1.54) is 31.4 Å². The number of aromatic nitrogens is 1. The number of thiazole rings is 1. The normalized spacial score (nSPS) is 15.7. The third-order valence-corrected chi connectivity index (χ3v) is 22.7. The molecule has 2 aromatic carbocycles. The van der Waals surface area contributed by atoms with Gasteiger partial charge in [-0.05, 0) is 119 Å². The molecule has 0 saturated carbocycles. The standard InChI is InChI=1S/C77H113N13O24S4/c1-10-17-65(99)113-42-90(72(104)66(44(5)11-2)78-39-51-20-15-16-31-89(51)9)59(43(3)4)38-60(114-47(8)91)71-84-57(40-116-71)70(103)80-50(35-49-22-24-52(92)25-23-49)34-45(6)67(100)87-88-77(111)112-32-33-117-118-41-58(75(109)110)83-68(101)55(36-48-18-13-12-14-19-48)82-69(102)56(37-64(97)98)81-62(94)28-21-46(7)79-61(93)29-26-53(73(105)106)85-76(115)86-54(74(107)108)27-30-63(95)96/h12-14,18-19,22-25,40,43-46,50-51,53-56,58-60,66,78,92H,10-11,15-17,20-21,26-39,41-42H2,1-9H3,(H,79,93)(H,80,103)(H,81,94)(H,82,102)(H,83,101)(H,87,100)(H,88,111)(H,95,96)(H,97,98)(H,105,106)(H,107,108)(H,109,110)(H2,85,86,115)/t44?,45-,46+,50+,51+,53+,54+,55-,56-,58-,59+,60+,66-/m0/s1. The number of benzene rings is 2. The van der Waals surface area contributed by atoms with E-state index in [1.54, 1.807) is 54.3 Å². The van der Waals surface area contributed by atoms with E-state index in [9.17, 15) is 92.7 Å². The maximum absolute atomic E-state index is 15.0. The first-order valence-corrected chi connectivity index (χ1v) is 42.7. The lowest BCUT2D eigenvalue weighted by atomic mass is 9.92. The fourth-order valence-corrected chi connectivity index (χ4v) is 15.5. The number of phenols is 1. The number of piperidine rings is 1. The Kier molecular flexibility index (Phi) is 44.9. The molecule has 1 aromatic heterocycles. The van der Waals surface area contributed by atoms with Crippen molar-refractivity contribution in [2.45, 2.75) is 231 Å².